The lowest BCUT2D eigenvalue weighted by Crippen LogP contribution is -2.60. The molecule has 8 heteroatoms. The van der Waals surface area contributed by atoms with Gasteiger partial charge in [-0.1, -0.05) is 53.2 Å². The van der Waals surface area contributed by atoms with Crippen LogP contribution in [0.3, 0.4) is 0 Å². The van der Waals surface area contributed by atoms with Gasteiger partial charge in [0.15, 0.2) is 0 Å². The van der Waals surface area contributed by atoms with Gasteiger partial charge in [0.1, 0.15) is 11.6 Å². The van der Waals surface area contributed by atoms with E-state index in [2.05, 4.69) is 27.0 Å². The molecule has 0 aromatic rings. The van der Waals surface area contributed by atoms with Gasteiger partial charge < -0.3 is 24.5 Å². The van der Waals surface area contributed by atoms with Crippen molar-refractivity contribution in [2.24, 2.45) is 23.7 Å². The molecule has 0 radical (unpaired) electrons. The van der Waals surface area contributed by atoms with Gasteiger partial charge in [-0.15, -0.1) is 13.2 Å². The van der Waals surface area contributed by atoms with Gasteiger partial charge in [0.25, 0.3) is 0 Å². The molecule has 226 valence electrons. The van der Waals surface area contributed by atoms with Crippen LogP contribution in [0.5, 0.6) is 0 Å². The summed E-state index contributed by atoms with van der Waals surface area (Å²) in [4.78, 5) is 48.7. The van der Waals surface area contributed by atoms with Gasteiger partial charge in [-0.2, -0.15) is 0 Å². The Bertz CT molecular complexity index is 968. The van der Waals surface area contributed by atoms with Crippen LogP contribution in [0.4, 0.5) is 0 Å². The largest absolute Gasteiger partial charge is 0.394 e. The van der Waals surface area contributed by atoms with E-state index in [4.69, 9.17) is 4.74 Å². The lowest BCUT2D eigenvalue weighted by molar-refractivity contribution is -0.159. The number of likely N-dealkylation sites (tertiary alicyclic amines) is 1. The van der Waals surface area contributed by atoms with Gasteiger partial charge >= 0.3 is 0 Å². The standard InChI is InChI=1S/C32H53N3O5/c1-10-14-23(8)34(17-13-4)30(39)27-32-19-22(7)31(9,40-32)25(28(37)33(15-11-2)16-12-3)26(32)29(38)35(27)24(20-36)18-21(5)6/h11,13,21-27,36H,2,4,10,12,14-20H2,1,3,5-9H3/t22?,23?,24-,25-,26+,27?,31+,32?/m1/s1. The normalized spacial score (nSPS) is 32.2. The molecule has 3 fully saturated rings. The molecule has 0 aliphatic carbocycles. The van der Waals surface area contributed by atoms with Crippen molar-refractivity contribution in [3.8, 4) is 0 Å². The van der Waals surface area contributed by atoms with E-state index >= 15 is 0 Å². The Labute approximate surface area is 241 Å². The van der Waals surface area contributed by atoms with E-state index < -0.39 is 35.1 Å². The van der Waals surface area contributed by atoms with E-state index in [1.54, 1.807) is 22.0 Å². The summed E-state index contributed by atoms with van der Waals surface area (Å²) in [5.41, 5.74) is -2.01. The number of carbonyl (C=O) groups excluding carboxylic acids is 3. The first kappa shape index (κ1) is 32.3. The van der Waals surface area contributed by atoms with Crippen LogP contribution in [0.1, 0.15) is 80.6 Å². The third kappa shape index (κ3) is 5.26. The van der Waals surface area contributed by atoms with Crippen molar-refractivity contribution < 1.29 is 24.2 Å². The van der Waals surface area contributed by atoms with Crippen LogP contribution in [0.15, 0.2) is 25.3 Å². The third-order valence-electron chi connectivity index (χ3n) is 9.60. The Kier molecular flexibility index (Phi) is 10.3. The van der Waals surface area contributed by atoms with E-state index in [1.165, 1.54) is 0 Å². The van der Waals surface area contributed by atoms with Gasteiger partial charge in [-0.05, 0) is 51.4 Å². The molecule has 0 saturated carbocycles. The molecule has 0 aromatic carbocycles. The van der Waals surface area contributed by atoms with Gasteiger partial charge in [0.2, 0.25) is 17.7 Å². The number of hydrogen-bond acceptors (Lipinski definition) is 5. The maximum absolute atomic E-state index is 14.7. The number of carbonyl (C=O) groups is 3. The van der Waals surface area contributed by atoms with Crippen molar-refractivity contribution in [3.05, 3.63) is 25.3 Å². The van der Waals surface area contributed by atoms with Crippen LogP contribution in [-0.2, 0) is 19.1 Å². The molecule has 3 aliphatic rings. The predicted molar refractivity (Wildman–Crippen MR) is 157 cm³/mol. The van der Waals surface area contributed by atoms with Crippen LogP contribution in [0.25, 0.3) is 0 Å². The van der Waals surface area contributed by atoms with Gasteiger partial charge in [0.05, 0.1) is 30.1 Å². The van der Waals surface area contributed by atoms with Crippen LogP contribution in [0.2, 0.25) is 0 Å². The Morgan fingerprint density at radius 1 is 1.15 bits per heavy atom. The van der Waals surface area contributed by atoms with Crippen LogP contribution < -0.4 is 0 Å². The van der Waals surface area contributed by atoms with Gasteiger partial charge in [-0.3, -0.25) is 14.4 Å². The van der Waals surface area contributed by atoms with Gasteiger partial charge in [0, 0.05) is 25.7 Å². The fourth-order valence-corrected chi connectivity index (χ4v) is 7.82. The summed E-state index contributed by atoms with van der Waals surface area (Å²) < 4.78 is 6.94. The summed E-state index contributed by atoms with van der Waals surface area (Å²) in [6.45, 7) is 23.0. The fourth-order valence-electron chi connectivity index (χ4n) is 7.82. The van der Waals surface area contributed by atoms with Crippen molar-refractivity contribution in [1.82, 2.24) is 14.7 Å². The summed E-state index contributed by atoms with van der Waals surface area (Å²) in [5, 5.41) is 10.6. The molecule has 3 heterocycles. The Morgan fingerprint density at radius 2 is 1.80 bits per heavy atom. The van der Waals surface area contributed by atoms with E-state index in [0.717, 1.165) is 19.3 Å². The van der Waals surface area contributed by atoms with Crippen molar-refractivity contribution in [3.63, 3.8) is 0 Å². The molecule has 40 heavy (non-hydrogen) atoms. The fraction of sp³-hybridized carbons (Fsp3) is 0.781. The molecule has 1 spiro atoms. The van der Waals surface area contributed by atoms with E-state index in [-0.39, 0.29) is 42.2 Å². The summed E-state index contributed by atoms with van der Waals surface area (Å²) in [6, 6.07) is -1.52. The molecule has 2 bridgehead atoms. The van der Waals surface area contributed by atoms with Gasteiger partial charge in [-0.25, -0.2) is 0 Å². The van der Waals surface area contributed by atoms with Crippen LogP contribution in [-0.4, -0.2) is 93.1 Å². The summed E-state index contributed by atoms with van der Waals surface area (Å²) in [5.74, 6) is -1.88. The zero-order chi connectivity index (χ0) is 30.0. The number of aliphatic hydroxyl groups excluding tert-OH is 1. The van der Waals surface area contributed by atoms with Crippen LogP contribution in [0, 0.1) is 23.7 Å². The number of hydrogen-bond donors (Lipinski definition) is 1. The summed E-state index contributed by atoms with van der Waals surface area (Å²) in [7, 11) is 0. The Balaban J connectivity index is 2.21. The second kappa shape index (κ2) is 12.8. The zero-order valence-electron chi connectivity index (χ0n) is 25.9. The monoisotopic (exact) mass is 559 g/mol. The van der Waals surface area contributed by atoms with Crippen molar-refractivity contribution in [2.75, 3.05) is 26.2 Å². The second-order valence-corrected chi connectivity index (χ2v) is 12.9. The maximum atomic E-state index is 14.7. The molecule has 1 N–H and O–H groups in total. The quantitative estimate of drug-likeness (QED) is 0.306. The van der Waals surface area contributed by atoms with Crippen molar-refractivity contribution in [2.45, 2.75) is 110 Å². The van der Waals surface area contributed by atoms with Crippen molar-refractivity contribution in [1.29, 1.82) is 0 Å². The number of nitrogens with zero attached hydrogens (tertiary/aromatic N) is 3. The molecular formula is C32H53N3O5. The minimum atomic E-state index is -1.13. The first-order valence-corrected chi connectivity index (χ1v) is 15.3. The average molecular weight is 560 g/mol. The lowest BCUT2D eigenvalue weighted by Gasteiger charge is -2.41. The maximum Gasteiger partial charge on any atom is 0.248 e. The highest BCUT2D eigenvalue weighted by atomic mass is 16.5. The first-order valence-electron chi connectivity index (χ1n) is 15.3. The predicted octanol–water partition coefficient (Wildman–Crippen LogP) is 4.03. The Morgan fingerprint density at radius 3 is 2.33 bits per heavy atom. The number of aliphatic hydroxyl groups is 1. The topological polar surface area (TPSA) is 90.4 Å². The molecule has 4 unspecified atom stereocenters. The molecule has 8 atom stereocenters. The third-order valence-corrected chi connectivity index (χ3v) is 9.60. The van der Waals surface area contributed by atoms with Crippen LogP contribution >= 0.6 is 0 Å². The molecule has 3 rings (SSSR count). The number of fused-ring (bicyclic) bond motifs is 1. The highest BCUT2D eigenvalue weighted by Gasteiger charge is 2.80. The number of rotatable bonds is 15. The molecular weight excluding hydrogens is 506 g/mol. The second-order valence-electron chi connectivity index (χ2n) is 12.9. The molecule has 3 aliphatic heterocycles. The minimum Gasteiger partial charge on any atom is -0.394 e. The molecule has 3 amide bonds. The number of ether oxygens (including phenoxy) is 1. The molecule has 8 nitrogen and oxygen atoms in total. The van der Waals surface area contributed by atoms with E-state index in [9.17, 15) is 19.5 Å². The minimum absolute atomic E-state index is 0.0356. The first-order chi connectivity index (χ1) is 18.9. The highest BCUT2D eigenvalue weighted by Crippen LogP contribution is 2.66. The Hall–Kier alpha value is -2.19. The molecule has 3 saturated heterocycles. The summed E-state index contributed by atoms with van der Waals surface area (Å²) >= 11 is 0. The van der Waals surface area contributed by atoms with E-state index in [0.29, 0.717) is 32.5 Å². The SMILES string of the molecule is C=CCN(CCC)C(=O)[C@H]1[C@H]2C(=O)N([C@@H](CO)CC(C)C)C(C(=O)N(CC=C)C(C)CCC)C23CC(C)[C@]1(C)O3. The average Bonchev–Trinajstić information content (AvgIpc) is 3.41. The zero-order valence-corrected chi connectivity index (χ0v) is 25.9. The smallest absolute Gasteiger partial charge is 0.248 e. The number of amides is 3. The van der Waals surface area contributed by atoms with Crippen molar-refractivity contribution >= 4 is 17.7 Å². The lowest BCUT2D eigenvalue weighted by atomic mass is 9.62. The molecule has 0 aromatic heterocycles. The summed E-state index contributed by atoms with van der Waals surface area (Å²) in [6.07, 6.45) is 7.00. The highest BCUT2D eigenvalue weighted by molar-refractivity contribution is 5.99. The van der Waals surface area contributed by atoms with E-state index in [1.807, 2.05) is 39.5 Å².